The Labute approximate surface area is 106 Å². The van der Waals surface area contributed by atoms with Crippen molar-refractivity contribution >= 4 is 15.9 Å². The highest BCUT2D eigenvalue weighted by Crippen LogP contribution is 2.29. The number of aliphatic hydroxyl groups is 1. The third-order valence-corrected chi connectivity index (χ3v) is 3.09. The first-order chi connectivity index (χ1) is 7.79. The van der Waals surface area contributed by atoms with Crippen LogP contribution < -0.4 is 4.74 Å². The summed E-state index contributed by atoms with van der Waals surface area (Å²) in [4.78, 5) is 0. The van der Waals surface area contributed by atoms with Gasteiger partial charge in [-0.05, 0) is 28.4 Å². The van der Waals surface area contributed by atoms with E-state index in [1.807, 2.05) is 18.2 Å². The summed E-state index contributed by atoms with van der Waals surface area (Å²) in [7, 11) is 0. The summed E-state index contributed by atoms with van der Waals surface area (Å²) in [6.45, 7) is 2.93. The van der Waals surface area contributed by atoms with Crippen LogP contribution in [-0.2, 0) is 6.61 Å². The van der Waals surface area contributed by atoms with E-state index in [9.17, 15) is 5.11 Å². The van der Waals surface area contributed by atoms with E-state index < -0.39 is 0 Å². The zero-order chi connectivity index (χ0) is 11.8. The molecule has 0 radical (unpaired) electrons. The molecule has 1 rings (SSSR count). The standard InChI is InChI=1S/C13H19BrO2/c1-2-3-4-5-9-16-13-11(10-15)7-6-8-12(13)14/h6-8,15H,2-5,9-10H2,1H3. The van der Waals surface area contributed by atoms with E-state index in [1.165, 1.54) is 19.3 Å². The Hall–Kier alpha value is -0.540. The monoisotopic (exact) mass is 286 g/mol. The number of benzene rings is 1. The molecule has 0 aromatic heterocycles. The van der Waals surface area contributed by atoms with Crippen LogP contribution >= 0.6 is 15.9 Å². The van der Waals surface area contributed by atoms with Gasteiger partial charge in [-0.2, -0.15) is 0 Å². The number of unbranched alkanes of at least 4 members (excludes halogenated alkanes) is 3. The molecular weight excluding hydrogens is 268 g/mol. The average molecular weight is 287 g/mol. The van der Waals surface area contributed by atoms with Gasteiger partial charge >= 0.3 is 0 Å². The molecule has 0 bridgehead atoms. The summed E-state index contributed by atoms with van der Waals surface area (Å²) in [6, 6.07) is 5.71. The zero-order valence-corrected chi connectivity index (χ0v) is 11.3. The summed E-state index contributed by atoms with van der Waals surface area (Å²) < 4.78 is 6.61. The van der Waals surface area contributed by atoms with Crippen LogP contribution in [0.25, 0.3) is 0 Å². The Bertz CT molecular complexity index is 313. The van der Waals surface area contributed by atoms with E-state index in [2.05, 4.69) is 22.9 Å². The normalized spacial score (nSPS) is 10.4. The maximum atomic E-state index is 9.18. The number of hydrogen-bond acceptors (Lipinski definition) is 2. The smallest absolute Gasteiger partial charge is 0.138 e. The van der Waals surface area contributed by atoms with Gasteiger partial charge in [0.15, 0.2) is 0 Å². The maximum Gasteiger partial charge on any atom is 0.138 e. The fourth-order valence-corrected chi connectivity index (χ4v) is 2.06. The van der Waals surface area contributed by atoms with Crippen LogP contribution in [0.4, 0.5) is 0 Å². The molecule has 90 valence electrons. The van der Waals surface area contributed by atoms with Gasteiger partial charge < -0.3 is 9.84 Å². The zero-order valence-electron chi connectivity index (χ0n) is 9.71. The predicted molar refractivity (Wildman–Crippen MR) is 69.7 cm³/mol. The van der Waals surface area contributed by atoms with Crippen molar-refractivity contribution in [2.45, 2.75) is 39.2 Å². The minimum atomic E-state index is 0.0176. The Morgan fingerprint density at radius 1 is 1.25 bits per heavy atom. The molecule has 0 amide bonds. The van der Waals surface area contributed by atoms with Gasteiger partial charge in [-0.3, -0.25) is 0 Å². The molecule has 2 nitrogen and oxygen atoms in total. The Morgan fingerprint density at radius 3 is 2.75 bits per heavy atom. The van der Waals surface area contributed by atoms with Crippen LogP contribution in [0.15, 0.2) is 22.7 Å². The van der Waals surface area contributed by atoms with Crippen LogP contribution in [-0.4, -0.2) is 11.7 Å². The quantitative estimate of drug-likeness (QED) is 0.771. The lowest BCUT2D eigenvalue weighted by Crippen LogP contribution is -2.01. The second-order valence-corrected chi connectivity index (χ2v) is 4.65. The summed E-state index contributed by atoms with van der Waals surface area (Å²) in [6.07, 6.45) is 4.76. The number of aliphatic hydroxyl groups excluding tert-OH is 1. The third kappa shape index (κ3) is 4.14. The van der Waals surface area contributed by atoms with Crippen molar-refractivity contribution in [3.63, 3.8) is 0 Å². The Balaban J connectivity index is 2.46. The van der Waals surface area contributed by atoms with Gasteiger partial charge in [-0.15, -0.1) is 0 Å². The molecule has 16 heavy (non-hydrogen) atoms. The highest BCUT2D eigenvalue weighted by Gasteiger charge is 2.06. The molecule has 0 saturated carbocycles. The molecule has 0 heterocycles. The lowest BCUT2D eigenvalue weighted by molar-refractivity contribution is 0.259. The molecule has 0 aliphatic carbocycles. The SMILES string of the molecule is CCCCCCOc1c(Br)cccc1CO. The molecule has 0 aliphatic rings. The van der Waals surface area contributed by atoms with E-state index in [1.54, 1.807) is 0 Å². The van der Waals surface area contributed by atoms with Crippen molar-refractivity contribution < 1.29 is 9.84 Å². The number of halogens is 1. The molecule has 1 aromatic carbocycles. The lowest BCUT2D eigenvalue weighted by Gasteiger charge is -2.11. The molecule has 0 aliphatic heterocycles. The van der Waals surface area contributed by atoms with E-state index in [4.69, 9.17) is 4.74 Å². The Morgan fingerprint density at radius 2 is 2.06 bits per heavy atom. The van der Waals surface area contributed by atoms with Crippen LogP contribution in [0.1, 0.15) is 38.2 Å². The van der Waals surface area contributed by atoms with Gasteiger partial charge in [-0.1, -0.05) is 38.3 Å². The highest BCUT2D eigenvalue weighted by atomic mass is 79.9. The summed E-state index contributed by atoms with van der Waals surface area (Å²) in [5.41, 5.74) is 0.838. The number of ether oxygens (including phenoxy) is 1. The molecule has 0 atom stereocenters. The summed E-state index contributed by atoms with van der Waals surface area (Å²) in [5, 5.41) is 9.18. The van der Waals surface area contributed by atoms with Gasteiger partial charge in [0.2, 0.25) is 0 Å². The van der Waals surface area contributed by atoms with Crippen molar-refractivity contribution in [2.24, 2.45) is 0 Å². The largest absolute Gasteiger partial charge is 0.492 e. The van der Waals surface area contributed by atoms with E-state index >= 15 is 0 Å². The highest BCUT2D eigenvalue weighted by molar-refractivity contribution is 9.10. The molecule has 1 aromatic rings. The molecule has 0 fully saturated rings. The van der Waals surface area contributed by atoms with Crippen LogP contribution in [0.3, 0.4) is 0 Å². The summed E-state index contributed by atoms with van der Waals surface area (Å²) in [5.74, 6) is 0.779. The number of rotatable bonds is 7. The first-order valence-corrected chi connectivity index (χ1v) is 6.60. The fraction of sp³-hybridized carbons (Fsp3) is 0.538. The molecule has 1 N–H and O–H groups in total. The molecule has 0 spiro atoms. The van der Waals surface area contributed by atoms with E-state index in [0.29, 0.717) is 0 Å². The molecule has 0 saturated heterocycles. The van der Waals surface area contributed by atoms with E-state index in [-0.39, 0.29) is 6.61 Å². The maximum absolute atomic E-state index is 9.18. The molecule has 3 heteroatoms. The van der Waals surface area contributed by atoms with Crippen molar-refractivity contribution in [1.29, 1.82) is 0 Å². The van der Waals surface area contributed by atoms with E-state index in [0.717, 1.165) is 28.8 Å². The molecular formula is C13H19BrO2. The fourth-order valence-electron chi connectivity index (χ4n) is 1.54. The number of para-hydroxylation sites is 1. The van der Waals surface area contributed by atoms with Gasteiger partial charge in [0.25, 0.3) is 0 Å². The van der Waals surface area contributed by atoms with Crippen LogP contribution in [0, 0.1) is 0 Å². The topological polar surface area (TPSA) is 29.5 Å². The number of hydrogen-bond donors (Lipinski definition) is 1. The van der Waals surface area contributed by atoms with Gasteiger partial charge in [0.1, 0.15) is 5.75 Å². The first kappa shape index (κ1) is 13.5. The summed E-state index contributed by atoms with van der Waals surface area (Å²) >= 11 is 3.43. The van der Waals surface area contributed by atoms with Crippen molar-refractivity contribution in [3.05, 3.63) is 28.2 Å². The van der Waals surface area contributed by atoms with Gasteiger partial charge in [0, 0.05) is 5.56 Å². The lowest BCUT2D eigenvalue weighted by atomic mass is 10.2. The Kier molecular flexibility index (Phi) is 6.50. The van der Waals surface area contributed by atoms with Crippen molar-refractivity contribution in [2.75, 3.05) is 6.61 Å². The minimum Gasteiger partial charge on any atom is -0.492 e. The van der Waals surface area contributed by atoms with Crippen LogP contribution in [0.2, 0.25) is 0 Å². The van der Waals surface area contributed by atoms with Gasteiger partial charge in [0.05, 0.1) is 17.7 Å². The third-order valence-electron chi connectivity index (χ3n) is 2.46. The molecule has 0 unspecified atom stereocenters. The minimum absolute atomic E-state index is 0.0176. The predicted octanol–water partition coefficient (Wildman–Crippen LogP) is 3.90. The van der Waals surface area contributed by atoms with Gasteiger partial charge in [-0.25, -0.2) is 0 Å². The van der Waals surface area contributed by atoms with Crippen molar-refractivity contribution in [1.82, 2.24) is 0 Å². The second kappa shape index (κ2) is 7.69. The first-order valence-electron chi connectivity index (χ1n) is 5.80. The second-order valence-electron chi connectivity index (χ2n) is 3.80. The average Bonchev–Trinajstić information content (AvgIpc) is 2.30. The van der Waals surface area contributed by atoms with Crippen molar-refractivity contribution in [3.8, 4) is 5.75 Å². The van der Waals surface area contributed by atoms with Crippen LogP contribution in [0.5, 0.6) is 5.75 Å².